The van der Waals surface area contributed by atoms with Crippen LogP contribution in [0.2, 0.25) is 0 Å². The Bertz CT molecular complexity index is 606. The van der Waals surface area contributed by atoms with Gasteiger partial charge >= 0.3 is 0 Å². The first-order valence-electron chi connectivity index (χ1n) is 6.67. The number of nitrogens with one attached hydrogen (secondary N) is 2. The number of benzene rings is 2. The maximum atomic E-state index is 11.5. The van der Waals surface area contributed by atoms with Gasteiger partial charge in [0.2, 0.25) is 0 Å². The molecule has 2 aromatic carbocycles. The highest BCUT2D eigenvalue weighted by atomic mass is 16.2. The molecular formula is C17H17N3O. The van der Waals surface area contributed by atoms with Crippen molar-refractivity contribution in [3.8, 4) is 0 Å². The minimum Gasteiger partial charge on any atom is -0.376 e. The summed E-state index contributed by atoms with van der Waals surface area (Å²) in [6.07, 6.45) is 5.24. The molecule has 0 aliphatic carbocycles. The van der Waals surface area contributed by atoms with Crippen molar-refractivity contribution in [1.29, 1.82) is 0 Å². The molecular weight excluding hydrogens is 262 g/mol. The minimum absolute atomic E-state index is 0.184. The third-order valence-corrected chi connectivity index (χ3v) is 2.66. The van der Waals surface area contributed by atoms with Gasteiger partial charge in [-0.3, -0.25) is 4.79 Å². The molecule has 0 radical (unpaired) electrons. The molecule has 21 heavy (non-hydrogen) atoms. The Kier molecular flexibility index (Phi) is 5.76. The van der Waals surface area contributed by atoms with Gasteiger partial charge < -0.3 is 5.32 Å². The molecule has 1 amide bonds. The largest absolute Gasteiger partial charge is 0.376 e. The third-order valence-electron chi connectivity index (χ3n) is 2.66. The fourth-order valence-electron chi connectivity index (χ4n) is 1.65. The molecule has 2 rings (SSSR count). The van der Waals surface area contributed by atoms with Crippen molar-refractivity contribution in [3.63, 3.8) is 0 Å². The lowest BCUT2D eigenvalue weighted by atomic mass is 10.2. The number of nitrogens with zero attached hydrogens (tertiary/aromatic N) is 1. The van der Waals surface area contributed by atoms with Gasteiger partial charge in [-0.1, -0.05) is 54.6 Å². The van der Waals surface area contributed by atoms with Gasteiger partial charge in [0.05, 0.1) is 6.54 Å². The Morgan fingerprint density at radius 3 is 2.38 bits per heavy atom. The number of allylic oxidation sites excluding steroid dienone is 1. The standard InChI is InChI=1S/C17H17N3O/c21-17(14-18-16-11-5-2-6-12-16)20-19-13-7-10-15-8-3-1-4-9-15/h1-13,18H,14H2,(H,20,21)/b10-7+,19-13+. The Balaban J connectivity index is 1.69. The average Bonchev–Trinajstić information content (AvgIpc) is 2.54. The van der Waals surface area contributed by atoms with Crippen molar-refractivity contribution >= 4 is 23.9 Å². The number of rotatable bonds is 6. The number of carbonyl (C=O) groups is 1. The topological polar surface area (TPSA) is 53.5 Å². The molecule has 0 aliphatic rings. The average molecular weight is 279 g/mol. The van der Waals surface area contributed by atoms with Crippen LogP contribution in [-0.2, 0) is 4.79 Å². The van der Waals surface area contributed by atoms with E-state index in [1.807, 2.05) is 66.7 Å². The zero-order valence-corrected chi connectivity index (χ0v) is 11.6. The molecule has 0 saturated carbocycles. The van der Waals surface area contributed by atoms with Crippen LogP contribution < -0.4 is 10.7 Å². The summed E-state index contributed by atoms with van der Waals surface area (Å²) in [5, 5.41) is 6.85. The van der Waals surface area contributed by atoms with Crippen LogP contribution in [0.15, 0.2) is 71.8 Å². The van der Waals surface area contributed by atoms with Gasteiger partial charge in [0.25, 0.3) is 5.91 Å². The second-order valence-electron chi connectivity index (χ2n) is 4.30. The molecule has 0 unspecified atom stereocenters. The van der Waals surface area contributed by atoms with E-state index in [-0.39, 0.29) is 12.5 Å². The Labute approximate surface area is 124 Å². The van der Waals surface area contributed by atoms with Crippen LogP contribution in [0.1, 0.15) is 5.56 Å². The first-order chi connectivity index (χ1) is 10.3. The highest BCUT2D eigenvalue weighted by molar-refractivity contribution is 5.83. The molecule has 0 aliphatic heterocycles. The van der Waals surface area contributed by atoms with E-state index in [2.05, 4.69) is 15.8 Å². The van der Waals surface area contributed by atoms with Crippen molar-refractivity contribution in [3.05, 3.63) is 72.3 Å². The number of amides is 1. The van der Waals surface area contributed by atoms with Gasteiger partial charge in [0.1, 0.15) is 0 Å². The number of hydrogen-bond acceptors (Lipinski definition) is 3. The van der Waals surface area contributed by atoms with Gasteiger partial charge in [-0.2, -0.15) is 5.10 Å². The molecule has 4 heteroatoms. The maximum Gasteiger partial charge on any atom is 0.259 e. The second kappa shape index (κ2) is 8.32. The number of hydrazone groups is 1. The summed E-state index contributed by atoms with van der Waals surface area (Å²) in [6.45, 7) is 0.184. The summed E-state index contributed by atoms with van der Waals surface area (Å²) in [4.78, 5) is 11.5. The van der Waals surface area contributed by atoms with Crippen LogP contribution in [0.4, 0.5) is 5.69 Å². The predicted molar refractivity (Wildman–Crippen MR) is 87.0 cm³/mol. The molecule has 106 valence electrons. The number of anilines is 1. The molecule has 4 nitrogen and oxygen atoms in total. The van der Waals surface area contributed by atoms with Gasteiger partial charge in [0, 0.05) is 11.9 Å². The molecule has 0 fully saturated rings. The number of para-hydroxylation sites is 1. The molecule has 0 saturated heterocycles. The quantitative estimate of drug-likeness (QED) is 0.631. The van der Waals surface area contributed by atoms with Gasteiger partial charge in [-0.15, -0.1) is 0 Å². The molecule has 0 spiro atoms. The normalized spacial score (nSPS) is 10.9. The monoisotopic (exact) mass is 279 g/mol. The summed E-state index contributed by atoms with van der Waals surface area (Å²) in [5.41, 5.74) is 4.44. The van der Waals surface area contributed by atoms with Crippen molar-refractivity contribution < 1.29 is 4.79 Å². The summed E-state index contributed by atoms with van der Waals surface area (Å²) in [5.74, 6) is -0.191. The highest BCUT2D eigenvalue weighted by Crippen LogP contribution is 2.03. The highest BCUT2D eigenvalue weighted by Gasteiger charge is 1.97. The zero-order chi connectivity index (χ0) is 14.8. The molecule has 0 bridgehead atoms. The Hall–Kier alpha value is -2.88. The van der Waals surface area contributed by atoms with Crippen LogP contribution >= 0.6 is 0 Å². The molecule has 2 N–H and O–H groups in total. The van der Waals surface area contributed by atoms with Gasteiger partial charge in [-0.25, -0.2) is 5.43 Å². The Morgan fingerprint density at radius 2 is 1.67 bits per heavy atom. The van der Waals surface area contributed by atoms with Crippen molar-refractivity contribution in [2.24, 2.45) is 5.10 Å². The number of hydrogen-bond donors (Lipinski definition) is 2. The van der Waals surface area contributed by atoms with E-state index in [0.29, 0.717) is 0 Å². The van der Waals surface area contributed by atoms with E-state index in [4.69, 9.17) is 0 Å². The van der Waals surface area contributed by atoms with E-state index >= 15 is 0 Å². The molecule has 0 aromatic heterocycles. The van der Waals surface area contributed by atoms with Crippen molar-refractivity contribution in [2.75, 3.05) is 11.9 Å². The zero-order valence-electron chi connectivity index (χ0n) is 11.6. The van der Waals surface area contributed by atoms with Crippen molar-refractivity contribution in [2.45, 2.75) is 0 Å². The van der Waals surface area contributed by atoms with Crippen LogP contribution in [0.25, 0.3) is 6.08 Å². The van der Waals surface area contributed by atoms with E-state index in [9.17, 15) is 4.79 Å². The SMILES string of the molecule is O=C(CNc1ccccc1)N/N=C/C=C/c1ccccc1. The van der Waals surface area contributed by atoms with Crippen LogP contribution in [0, 0.1) is 0 Å². The fourth-order valence-corrected chi connectivity index (χ4v) is 1.65. The van der Waals surface area contributed by atoms with E-state index in [1.54, 1.807) is 12.3 Å². The lowest BCUT2D eigenvalue weighted by Gasteiger charge is -2.03. The molecule has 0 atom stereocenters. The van der Waals surface area contributed by atoms with Crippen molar-refractivity contribution in [1.82, 2.24) is 5.43 Å². The summed E-state index contributed by atoms with van der Waals surface area (Å²) in [7, 11) is 0. The third kappa shape index (κ3) is 5.74. The molecule has 2 aromatic rings. The Morgan fingerprint density at radius 1 is 1.00 bits per heavy atom. The summed E-state index contributed by atoms with van der Waals surface area (Å²) in [6, 6.07) is 19.4. The van der Waals surface area contributed by atoms with E-state index < -0.39 is 0 Å². The maximum absolute atomic E-state index is 11.5. The number of carbonyl (C=O) groups excluding carboxylic acids is 1. The second-order valence-corrected chi connectivity index (χ2v) is 4.30. The summed E-state index contributed by atoms with van der Waals surface area (Å²) >= 11 is 0. The van der Waals surface area contributed by atoms with Gasteiger partial charge in [0.15, 0.2) is 0 Å². The predicted octanol–water partition coefficient (Wildman–Crippen LogP) is 2.91. The fraction of sp³-hybridized carbons (Fsp3) is 0.0588. The lowest BCUT2D eigenvalue weighted by Crippen LogP contribution is -2.25. The van der Waals surface area contributed by atoms with Crippen LogP contribution in [0.5, 0.6) is 0 Å². The minimum atomic E-state index is -0.191. The van der Waals surface area contributed by atoms with Crippen LogP contribution in [-0.4, -0.2) is 18.7 Å². The smallest absolute Gasteiger partial charge is 0.259 e. The first-order valence-corrected chi connectivity index (χ1v) is 6.67. The van der Waals surface area contributed by atoms with E-state index in [0.717, 1.165) is 11.3 Å². The first kappa shape index (κ1) is 14.5. The molecule has 0 heterocycles. The lowest BCUT2D eigenvalue weighted by molar-refractivity contribution is -0.119. The van der Waals surface area contributed by atoms with E-state index in [1.165, 1.54) is 0 Å². The summed E-state index contributed by atoms with van der Waals surface area (Å²) < 4.78 is 0. The van der Waals surface area contributed by atoms with Crippen LogP contribution in [0.3, 0.4) is 0 Å². The van der Waals surface area contributed by atoms with Gasteiger partial charge in [-0.05, 0) is 23.8 Å².